The molecule has 0 aliphatic carbocycles. The fourth-order valence-corrected chi connectivity index (χ4v) is 1.68. The second-order valence-electron chi connectivity index (χ2n) is 3.54. The largest absolute Gasteiger partial charge is 0.493 e. The van der Waals surface area contributed by atoms with Gasteiger partial charge in [-0.3, -0.25) is 0 Å². The van der Waals surface area contributed by atoms with Crippen molar-refractivity contribution < 1.29 is 18.9 Å². The Morgan fingerprint density at radius 3 is 2.45 bits per heavy atom. The van der Waals surface area contributed by atoms with E-state index in [2.05, 4.69) is 15.9 Å². The number of ether oxygens (including phenoxy) is 4. The average molecular weight is 277 g/mol. The van der Waals surface area contributed by atoms with Crippen molar-refractivity contribution in [2.75, 3.05) is 27.9 Å². The van der Waals surface area contributed by atoms with Crippen molar-refractivity contribution in [3.8, 4) is 29.6 Å². The van der Waals surface area contributed by atoms with E-state index in [4.69, 9.17) is 30.9 Å². The molecule has 20 heavy (non-hydrogen) atoms. The molecule has 0 amide bonds. The summed E-state index contributed by atoms with van der Waals surface area (Å²) in [5.74, 6) is 3.43. The molecule has 0 atom stereocenters. The van der Waals surface area contributed by atoms with Crippen LogP contribution in [0, 0.1) is 12.3 Å². The molecule has 0 bridgehead atoms. The summed E-state index contributed by atoms with van der Waals surface area (Å²) in [7, 11) is 4.41. The molecule has 0 saturated heterocycles. The van der Waals surface area contributed by atoms with Crippen LogP contribution in [0.25, 0.3) is 10.4 Å². The van der Waals surface area contributed by atoms with E-state index in [0.717, 1.165) is 0 Å². The number of hydrogen-bond acceptors (Lipinski definition) is 5. The maximum atomic E-state index is 8.68. The first kappa shape index (κ1) is 15.5. The Morgan fingerprint density at radius 1 is 1.25 bits per heavy atom. The first-order valence-electron chi connectivity index (χ1n) is 5.61. The highest BCUT2D eigenvalue weighted by molar-refractivity contribution is 5.69. The zero-order valence-electron chi connectivity index (χ0n) is 11.5. The molecule has 0 aliphatic rings. The summed E-state index contributed by atoms with van der Waals surface area (Å²) in [6.07, 6.45) is 5.12. The van der Waals surface area contributed by atoms with E-state index in [1.807, 2.05) is 0 Å². The van der Waals surface area contributed by atoms with Crippen LogP contribution in [0.3, 0.4) is 0 Å². The van der Waals surface area contributed by atoms with Crippen LogP contribution in [0.5, 0.6) is 17.2 Å². The lowest BCUT2D eigenvalue weighted by Gasteiger charge is -2.17. The monoisotopic (exact) mass is 277 g/mol. The van der Waals surface area contributed by atoms with Crippen molar-refractivity contribution in [1.29, 1.82) is 0 Å². The highest BCUT2D eigenvalue weighted by Crippen LogP contribution is 2.46. The molecule has 0 spiro atoms. The molecule has 0 aliphatic heterocycles. The topological polar surface area (TPSA) is 85.7 Å². The molecular weight excluding hydrogens is 262 g/mol. The average Bonchev–Trinajstić information content (AvgIpc) is 2.48. The van der Waals surface area contributed by atoms with Crippen molar-refractivity contribution in [3.05, 3.63) is 22.1 Å². The van der Waals surface area contributed by atoms with Crippen LogP contribution in [0.1, 0.15) is 5.56 Å². The van der Waals surface area contributed by atoms with Gasteiger partial charge in [0.1, 0.15) is 6.61 Å². The van der Waals surface area contributed by atoms with Gasteiger partial charge >= 0.3 is 0 Å². The molecule has 0 saturated carbocycles. The SMILES string of the molecule is C#CCOCc1cc(OC)c(OC)c(OC)c1N=[N+]=[N-]. The smallest absolute Gasteiger partial charge is 0.203 e. The van der Waals surface area contributed by atoms with Gasteiger partial charge in [-0.05, 0) is 17.2 Å². The van der Waals surface area contributed by atoms with E-state index in [1.165, 1.54) is 21.3 Å². The van der Waals surface area contributed by atoms with Crippen LogP contribution in [-0.4, -0.2) is 27.9 Å². The molecule has 0 unspecified atom stereocenters. The second-order valence-corrected chi connectivity index (χ2v) is 3.54. The van der Waals surface area contributed by atoms with Gasteiger partial charge in [0.25, 0.3) is 0 Å². The molecule has 7 heteroatoms. The number of azide groups is 1. The van der Waals surface area contributed by atoms with Gasteiger partial charge in [0.05, 0.1) is 33.6 Å². The van der Waals surface area contributed by atoms with Crippen molar-refractivity contribution in [1.82, 2.24) is 0 Å². The van der Waals surface area contributed by atoms with Gasteiger partial charge in [-0.25, -0.2) is 0 Å². The summed E-state index contributed by atoms with van der Waals surface area (Å²) in [6.45, 7) is 0.307. The highest BCUT2D eigenvalue weighted by atomic mass is 16.5. The standard InChI is InChI=1S/C13H15N3O4/c1-5-6-20-8-9-7-10(17-2)12(18-3)13(19-4)11(9)15-16-14/h1,7H,6,8H2,2-4H3. The lowest BCUT2D eigenvalue weighted by atomic mass is 10.1. The number of benzene rings is 1. The summed E-state index contributed by atoms with van der Waals surface area (Å²) in [5, 5.41) is 3.63. The molecule has 106 valence electrons. The van der Waals surface area contributed by atoms with E-state index >= 15 is 0 Å². The second kappa shape index (κ2) is 7.79. The van der Waals surface area contributed by atoms with Crippen LogP contribution in [-0.2, 0) is 11.3 Å². The maximum Gasteiger partial charge on any atom is 0.203 e. The van der Waals surface area contributed by atoms with Crippen molar-refractivity contribution in [3.63, 3.8) is 0 Å². The number of nitrogens with zero attached hydrogens (tertiary/aromatic N) is 3. The van der Waals surface area contributed by atoms with E-state index in [1.54, 1.807) is 6.07 Å². The van der Waals surface area contributed by atoms with E-state index in [-0.39, 0.29) is 24.7 Å². The third-order valence-electron chi connectivity index (χ3n) is 2.47. The van der Waals surface area contributed by atoms with Crippen molar-refractivity contribution >= 4 is 5.69 Å². The molecule has 1 aromatic carbocycles. The number of terminal acetylenes is 1. The van der Waals surface area contributed by atoms with Gasteiger partial charge in [-0.2, -0.15) is 0 Å². The lowest BCUT2D eigenvalue weighted by Crippen LogP contribution is -2.00. The Morgan fingerprint density at radius 2 is 1.95 bits per heavy atom. The van der Waals surface area contributed by atoms with E-state index < -0.39 is 0 Å². The maximum absolute atomic E-state index is 8.68. The lowest BCUT2D eigenvalue weighted by molar-refractivity contribution is 0.153. The first-order valence-corrected chi connectivity index (χ1v) is 5.61. The van der Waals surface area contributed by atoms with Crippen LogP contribution in [0.2, 0.25) is 0 Å². The fourth-order valence-electron chi connectivity index (χ4n) is 1.68. The van der Waals surface area contributed by atoms with Crippen LogP contribution in [0.15, 0.2) is 11.2 Å². The molecule has 0 radical (unpaired) electrons. The Bertz CT molecular complexity index is 560. The molecule has 0 heterocycles. The predicted octanol–water partition coefficient (Wildman–Crippen LogP) is 2.80. The van der Waals surface area contributed by atoms with Crippen molar-refractivity contribution in [2.45, 2.75) is 6.61 Å². The highest BCUT2D eigenvalue weighted by Gasteiger charge is 2.19. The summed E-state index contributed by atoms with van der Waals surface area (Å²) in [5.41, 5.74) is 9.56. The van der Waals surface area contributed by atoms with Crippen LogP contribution < -0.4 is 14.2 Å². The Kier molecular flexibility index (Phi) is 6.04. The molecule has 0 aromatic heterocycles. The van der Waals surface area contributed by atoms with Gasteiger partial charge in [-0.15, -0.1) is 6.42 Å². The molecular formula is C13H15N3O4. The first-order chi connectivity index (χ1) is 9.73. The number of rotatable bonds is 7. The molecule has 0 N–H and O–H groups in total. The molecule has 7 nitrogen and oxygen atoms in total. The van der Waals surface area contributed by atoms with Gasteiger partial charge in [-0.1, -0.05) is 11.0 Å². The normalized spacial score (nSPS) is 9.30. The van der Waals surface area contributed by atoms with Gasteiger partial charge in [0.2, 0.25) is 5.75 Å². The number of hydrogen-bond donors (Lipinski definition) is 0. The Hall–Kier alpha value is -2.55. The van der Waals surface area contributed by atoms with Crippen LogP contribution >= 0.6 is 0 Å². The van der Waals surface area contributed by atoms with E-state index in [9.17, 15) is 0 Å². The minimum atomic E-state index is 0.145. The third-order valence-corrected chi connectivity index (χ3v) is 2.47. The fraction of sp³-hybridized carbons (Fsp3) is 0.385. The quantitative estimate of drug-likeness (QED) is 0.252. The number of methoxy groups -OCH3 is 3. The predicted molar refractivity (Wildman–Crippen MR) is 73.4 cm³/mol. The molecule has 1 rings (SSSR count). The summed E-state index contributed by atoms with van der Waals surface area (Å²) in [4.78, 5) is 2.79. The Balaban J connectivity index is 3.40. The zero-order valence-corrected chi connectivity index (χ0v) is 11.5. The molecule has 1 aromatic rings. The molecule has 0 fully saturated rings. The Labute approximate surface area is 117 Å². The minimum absolute atomic E-state index is 0.145. The third kappa shape index (κ3) is 3.26. The van der Waals surface area contributed by atoms with E-state index in [0.29, 0.717) is 17.1 Å². The zero-order chi connectivity index (χ0) is 15.0. The van der Waals surface area contributed by atoms with Gasteiger partial charge in [0.15, 0.2) is 11.5 Å². The van der Waals surface area contributed by atoms with Crippen LogP contribution in [0.4, 0.5) is 5.69 Å². The van der Waals surface area contributed by atoms with Gasteiger partial charge < -0.3 is 18.9 Å². The summed E-state index contributed by atoms with van der Waals surface area (Å²) < 4.78 is 20.9. The summed E-state index contributed by atoms with van der Waals surface area (Å²) in [6, 6.07) is 1.65. The van der Waals surface area contributed by atoms with Gasteiger partial charge in [0, 0.05) is 4.91 Å². The summed E-state index contributed by atoms with van der Waals surface area (Å²) >= 11 is 0. The van der Waals surface area contributed by atoms with Crippen molar-refractivity contribution in [2.24, 2.45) is 5.11 Å². The minimum Gasteiger partial charge on any atom is -0.493 e.